The van der Waals surface area contributed by atoms with E-state index in [1.165, 1.54) is 24.3 Å². The fraction of sp³-hybridized carbons (Fsp3) is 0. The van der Waals surface area contributed by atoms with Gasteiger partial charge in [0.25, 0.3) is 0 Å². The molecule has 0 aliphatic carbocycles. The summed E-state index contributed by atoms with van der Waals surface area (Å²) in [4.78, 5) is 17.9. The smallest absolute Gasteiger partial charge is 0.239 e. The first-order valence-corrected chi connectivity index (χ1v) is 7.83. The molecule has 156 valence electrons. The predicted molar refractivity (Wildman–Crippen MR) is 84.3 cm³/mol. The molecule has 17 nitrogen and oxygen atoms in total. The van der Waals surface area contributed by atoms with Crippen LogP contribution in [0.2, 0.25) is 0 Å². The van der Waals surface area contributed by atoms with Crippen molar-refractivity contribution in [2.75, 3.05) is 0 Å². The number of nitrogens with one attached hydrogen (secondary N) is 7. The van der Waals surface area contributed by atoms with Crippen LogP contribution in [0.1, 0.15) is 0 Å². The summed E-state index contributed by atoms with van der Waals surface area (Å²) in [5.74, 6) is 0. The van der Waals surface area contributed by atoms with Crippen LogP contribution in [-0.2, 0) is 19.8 Å². The lowest BCUT2D eigenvalue weighted by Gasteiger charge is -2.21. The Balaban J connectivity index is 1.35. The SMILES string of the molecule is [O-][NH+](ONO[NH+]([O-])c1ccc2c(c1)[NH+]([O-])O[NH+]2[O-])c1ccc2c(c1)[NH+]([O-])O[NH+]2[O-]. The molecule has 0 amide bonds. The maximum Gasteiger partial charge on any atom is 0.239 e. The zero-order valence-electron chi connectivity index (χ0n) is 14.0. The lowest BCUT2D eigenvalue weighted by atomic mass is 10.2. The Hall–Kier alpha value is -2.24. The number of benzene rings is 2. The highest BCUT2D eigenvalue weighted by Crippen LogP contribution is 2.20. The molecular weight excluding hydrogens is 402 g/mol. The summed E-state index contributed by atoms with van der Waals surface area (Å²) in [5.41, 5.74) is 1.30. The van der Waals surface area contributed by atoms with Gasteiger partial charge in [-0.3, -0.25) is 0 Å². The van der Waals surface area contributed by atoms with Gasteiger partial charge in [0, 0.05) is 39.8 Å². The van der Waals surface area contributed by atoms with Crippen molar-refractivity contribution in [2.45, 2.75) is 0 Å². The van der Waals surface area contributed by atoms with Gasteiger partial charge in [0.05, 0.1) is 12.1 Å². The molecule has 17 heteroatoms. The van der Waals surface area contributed by atoms with Crippen LogP contribution < -0.4 is 37.0 Å². The Morgan fingerprint density at radius 1 is 0.655 bits per heavy atom. The van der Waals surface area contributed by atoms with Crippen molar-refractivity contribution in [1.29, 1.82) is 0 Å². The van der Waals surface area contributed by atoms with Gasteiger partial charge in [0.2, 0.25) is 22.7 Å². The van der Waals surface area contributed by atoms with Crippen molar-refractivity contribution in [3.8, 4) is 0 Å². The van der Waals surface area contributed by atoms with E-state index >= 15 is 0 Å². The maximum absolute atomic E-state index is 12.0. The Kier molecular flexibility index (Phi) is 5.45. The summed E-state index contributed by atoms with van der Waals surface area (Å²) in [6.45, 7) is 0. The van der Waals surface area contributed by atoms with E-state index < -0.39 is 31.4 Å². The molecule has 2 aliphatic heterocycles. The quantitative estimate of drug-likeness (QED) is 0.174. The average Bonchev–Trinajstić information content (AvgIpc) is 3.16. The van der Waals surface area contributed by atoms with Gasteiger partial charge in [-0.15, -0.1) is 20.9 Å². The number of hydrogen-bond donors (Lipinski definition) is 7. The first-order chi connectivity index (χ1) is 13.8. The van der Waals surface area contributed by atoms with Gasteiger partial charge in [0.15, 0.2) is 11.4 Å². The molecular formula is C12H13N7O10. The molecule has 2 aromatic rings. The van der Waals surface area contributed by atoms with Crippen molar-refractivity contribution in [3.63, 3.8) is 0 Å². The zero-order chi connectivity index (χ0) is 20.7. The second-order valence-electron chi connectivity index (χ2n) is 5.74. The number of fused-ring (bicyclic) bond motifs is 2. The molecule has 7 N–H and O–H groups in total. The van der Waals surface area contributed by atoms with Crippen LogP contribution in [-0.4, -0.2) is 0 Å². The van der Waals surface area contributed by atoms with Crippen LogP contribution in [0.15, 0.2) is 36.4 Å². The normalized spacial score (nSPS) is 27.5. The molecule has 0 saturated carbocycles. The van der Waals surface area contributed by atoms with Crippen molar-refractivity contribution in [1.82, 2.24) is 5.64 Å². The summed E-state index contributed by atoms with van der Waals surface area (Å²) in [6, 6.07) is 7.06. The molecule has 0 fully saturated rings. The highest BCUT2D eigenvalue weighted by atomic mass is 17.1. The molecule has 6 unspecified atom stereocenters. The monoisotopic (exact) mass is 415 g/mol. The highest BCUT2D eigenvalue weighted by Gasteiger charge is 2.32. The van der Waals surface area contributed by atoms with E-state index in [0.29, 0.717) is 0 Å². The molecule has 6 atom stereocenters. The van der Waals surface area contributed by atoms with Crippen LogP contribution >= 0.6 is 0 Å². The van der Waals surface area contributed by atoms with Gasteiger partial charge in [-0.05, 0) is 0 Å². The van der Waals surface area contributed by atoms with Crippen LogP contribution in [0, 0.1) is 31.2 Å². The van der Waals surface area contributed by atoms with Gasteiger partial charge in [-0.2, -0.15) is 10.5 Å². The van der Waals surface area contributed by atoms with Crippen LogP contribution in [0.4, 0.5) is 34.1 Å². The largest absolute Gasteiger partial charge is 0.593 e. The van der Waals surface area contributed by atoms with Crippen molar-refractivity contribution < 1.29 is 51.1 Å². The van der Waals surface area contributed by atoms with Crippen LogP contribution in [0.25, 0.3) is 0 Å². The van der Waals surface area contributed by atoms with E-state index in [2.05, 4.69) is 19.8 Å². The van der Waals surface area contributed by atoms with E-state index in [0.717, 1.165) is 12.1 Å². The minimum atomic E-state index is -1.02. The van der Waals surface area contributed by atoms with E-state index in [9.17, 15) is 31.2 Å². The Bertz CT molecular complexity index is 834. The molecule has 29 heavy (non-hydrogen) atoms. The molecule has 0 aromatic heterocycles. The molecule has 0 spiro atoms. The number of rotatable bonds is 6. The fourth-order valence-electron chi connectivity index (χ4n) is 2.64. The van der Waals surface area contributed by atoms with Gasteiger partial charge in [-0.1, -0.05) is 9.88 Å². The third-order valence-corrected chi connectivity index (χ3v) is 4.03. The van der Waals surface area contributed by atoms with E-state index in [-0.39, 0.29) is 34.1 Å². The van der Waals surface area contributed by atoms with Crippen molar-refractivity contribution in [2.24, 2.45) is 0 Å². The number of quaternary nitrogens is 6. The molecule has 2 heterocycles. The molecule has 2 aromatic carbocycles. The Morgan fingerprint density at radius 3 is 1.45 bits per heavy atom. The van der Waals surface area contributed by atoms with Gasteiger partial charge in [-0.25, -0.2) is 0 Å². The molecule has 0 radical (unpaired) electrons. The maximum atomic E-state index is 12.0. The van der Waals surface area contributed by atoms with E-state index in [1.54, 1.807) is 5.64 Å². The third-order valence-electron chi connectivity index (χ3n) is 4.03. The average molecular weight is 415 g/mol. The molecule has 4 rings (SSSR count). The summed E-state index contributed by atoms with van der Waals surface area (Å²) in [7, 11) is 0. The number of hydrogen-bond acceptors (Lipinski definition) is 11. The van der Waals surface area contributed by atoms with Gasteiger partial charge >= 0.3 is 0 Å². The van der Waals surface area contributed by atoms with Gasteiger partial charge in [0.1, 0.15) is 0 Å². The van der Waals surface area contributed by atoms with E-state index in [4.69, 9.17) is 0 Å². The van der Waals surface area contributed by atoms with Crippen LogP contribution in [0.3, 0.4) is 0 Å². The Labute approximate surface area is 159 Å². The second-order valence-corrected chi connectivity index (χ2v) is 5.74. The second kappa shape index (κ2) is 7.88. The zero-order valence-corrected chi connectivity index (χ0v) is 14.0. The summed E-state index contributed by atoms with van der Waals surface area (Å²) in [5, 5.41) is 64.2. The van der Waals surface area contributed by atoms with Crippen molar-refractivity contribution >= 4 is 34.1 Å². The summed E-state index contributed by atoms with van der Waals surface area (Å²) >= 11 is 0. The summed E-state index contributed by atoms with van der Waals surface area (Å²) < 4.78 is 0. The van der Waals surface area contributed by atoms with E-state index in [1.807, 2.05) is 0 Å². The first-order valence-electron chi connectivity index (χ1n) is 7.83. The fourth-order valence-corrected chi connectivity index (χ4v) is 2.64. The molecule has 2 aliphatic rings. The lowest BCUT2D eigenvalue weighted by Crippen LogP contribution is -3.15. The minimum Gasteiger partial charge on any atom is -0.593 e. The minimum absolute atomic E-state index is 0.0135. The third kappa shape index (κ3) is 3.81. The molecule has 0 saturated heterocycles. The molecule has 0 bridgehead atoms. The standard InChI is InChI=1S/C12H13N7O10/c20-14(7-1-3-9-11(5-7)18(24)28-16(9)22)26-13-27-15(21)8-2-4-10-12(6-8)19(25)29-17(10)23/h1-6,13-19H. The summed E-state index contributed by atoms with van der Waals surface area (Å²) in [6.07, 6.45) is 0. The lowest BCUT2D eigenvalue weighted by molar-refractivity contribution is -1.24. The van der Waals surface area contributed by atoms with Crippen molar-refractivity contribution in [3.05, 3.63) is 67.6 Å². The predicted octanol–water partition coefficient (Wildman–Crippen LogP) is -6.52. The van der Waals surface area contributed by atoms with Crippen LogP contribution in [0.5, 0.6) is 0 Å². The Morgan fingerprint density at radius 2 is 1.03 bits per heavy atom. The highest BCUT2D eigenvalue weighted by molar-refractivity contribution is 5.58. The topological polar surface area (TPSA) is 214 Å². The van der Waals surface area contributed by atoms with Gasteiger partial charge < -0.3 is 31.2 Å². The first kappa shape index (κ1) is 20.0.